The van der Waals surface area contributed by atoms with E-state index in [1.54, 1.807) is 12.4 Å². The zero-order chi connectivity index (χ0) is 43.5. The molecule has 0 radical (unpaired) electrons. The molecule has 1 aliphatic heterocycles. The first-order valence-corrected chi connectivity index (χ1v) is 22.3. The first-order valence-electron chi connectivity index (χ1n) is 22.3. The molecule has 0 fully saturated rings. The van der Waals surface area contributed by atoms with Crippen LogP contribution in [-0.4, -0.2) is 14.5 Å². The lowest BCUT2D eigenvalue weighted by Crippen LogP contribution is -2.31. The monoisotopic (exact) mass is 832 g/mol. The van der Waals surface area contributed by atoms with Crippen molar-refractivity contribution in [3.63, 3.8) is 0 Å². The second-order valence-corrected chi connectivity index (χ2v) is 17.4. The SMILES string of the molecule is CC1(C)c2cc(-c3ccccc3)ccc2N(c2ccc(-c3ncccn3)cc2)c2ccc(-n3c4cccc(-c5ccccc5)c4c4cc(-c5ccccc5)cc(-c5ccccc5)c43)cc21. The Morgan fingerprint density at radius 3 is 1.57 bits per heavy atom. The van der Waals surface area contributed by atoms with Gasteiger partial charge in [-0.1, -0.05) is 153 Å². The van der Waals surface area contributed by atoms with Crippen molar-refractivity contribution in [2.75, 3.05) is 4.90 Å². The van der Waals surface area contributed by atoms with Gasteiger partial charge in [0.2, 0.25) is 0 Å². The number of nitrogens with zero attached hydrogens (tertiary/aromatic N) is 4. The lowest BCUT2D eigenvalue weighted by atomic mass is 9.72. The van der Waals surface area contributed by atoms with Gasteiger partial charge in [-0.25, -0.2) is 9.97 Å². The van der Waals surface area contributed by atoms with E-state index in [0.29, 0.717) is 5.82 Å². The second kappa shape index (κ2) is 15.5. The number of hydrogen-bond donors (Lipinski definition) is 0. The highest BCUT2D eigenvalue weighted by Gasteiger charge is 2.38. The van der Waals surface area contributed by atoms with Gasteiger partial charge in [0.15, 0.2) is 5.82 Å². The third-order valence-electron chi connectivity index (χ3n) is 13.3. The van der Waals surface area contributed by atoms with Crippen LogP contribution in [0.3, 0.4) is 0 Å². The van der Waals surface area contributed by atoms with Gasteiger partial charge in [-0.05, 0) is 129 Å². The van der Waals surface area contributed by atoms with Crippen molar-refractivity contribution in [2.24, 2.45) is 0 Å². The van der Waals surface area contributed by atoms with Crippen LogP contribution < -0.4 is 4.90 Å². The van der Waals surface area contributed by atoms with Crippen LogP contribution in [0.25, 0.3) is 83.4 Å². The third-order valence-corrected chi connectivity index (χ3v) is 13.3. The molecule has 0 atom stereocenters. The van der Waals surface area contributed by atoms with Gasteiger partial charge in [0.1, 0.15) is 0 Å². The van der Waals surface area contributed by atoms with E-state index >= 15 is 0 Å². The van der Waals surface area contributed by atoms with Crippen molar-refractivity contribution >= 4 is 38.9 Å². The van der Waals surface area contributed by atoms with E-state index in [9.17, 15) is 0 Å². The average Bonchev–Trinajstić information content (AvgIpc) is 3.72. The average molecular weight is 833 g/mol. The Bertz CT molecular complexity index is 3530. The van der Waals surface area contributed by atoms with E-state index in [1.165, 1.54) is 83.1 Å². The van der Waals surface area contributed by atoms with Gasteiger partial charge in [-0.3, -0.25) is 0 Å². The summed E-state index contributed by atoms with van der Waals surface area (Å²) in [6.07, 6.45) is 3.59. The normalized spacial score (nSPS) is 12.9. The summed E-state index contributed by atoms with van der Waals surface area (Å²) in [7, 11) is 0. The maximum absolute atomic E-state index is 4.54. The van der Waals surface area contributed by atoms with Gasteiger partial charge < -0.3 is 9.47 Å². The predicted molar refractivity (Wildman–Crippen MR) is 270 cm³/mol. The molecule has 0 bridgehead atoms. The summed E-state index contributed by atoms with van der Waals surface area (Å²) < 4.78 is 2.53. The van der Waals surface area contributed by atoms with Crippen molar-refractivity contribution in [1.82, 2.24) is 14.5 Å². The van der Waals surface area contributed by atoms with Crippen LogP contribution in [-0.2, 0) is 5.41 Å². The molecule has 4 nitrogen and oxygen atoms in total. The van der Waals surface area contributed by atoms with E-state index in [-0.39, 0.29) is 5.41 Å². The maximum Gasteiger partial charge on any atom is 0.159 e. The van der Waals surface area contributed by atoms with Crippen LogP contribution in [0.5, 0.6) is 0 Å². The quantitative estimate of drug-likeness (QED) is 0.160. The van der Waals surface area contributed by atoms with Crippen molar-refractivity contribution in [1.29, 1.82) is 0 Å². The highest BCUT2D eigenvalue weighted by atomic mass is 15.2. The number of fused-ring (bicyclic) bond motifs is 5. The molecule has 3 heterocycles. The topological polar surface area (TPSA) is 34.0 Å². The minimum absolute atomic E-state index is 0.365. The minimum atomic E-state index is -0.365. The molecule has 0 unspecified atom stereocenters. The zero-order valence-corrected chi connectivity index (χ0v) is 36.2. The predicted octanol–water partition coefficient (Wildman–Crippen LogP) is 16.0. The number of aromatic nitrogens is 3. The van der Waals surface area contributed by atoms with Crippen molar-refractivity contribution in [3.8, 4) is 61.6 Å². The zero-order valence-electron chi connectivity index (χ0n) is 36.2. The summed E-state index contributed by atoms with van der Waals surface area (Å²) in [6.45, 7) is 4.77. The maximum atomic E-state index is 4.54. The van der Waals surface area contributed by atoms with E-state index in [1.807, 2.05) is 6.07 Å². The van der Waals surface area contributed by atoms with E-state index < -0.39 is 0 Å². The van der Waals surface area contributed by atoms with E-state index in [0.717, 1.165) is 22.6 Å². The highest BCUT2D eigenvalue weighted by Crippen LogP contribution is 2.54. The van der Waals surface area contributed by atoms with Gasteiger partial charge in [0.05, 0.1) is 22.4 Å². The molecule has 9 aromatic carbocycles. The summed E-state index contributed by atoms with van der Waals surface area (Å²) in [5, 5.41) is 2.46. The summed E-state index contributed by atoms with van der Waals surface area (Å²) in [5.41, 5.74) is 19.6. The van der Waals surface area contributed by atoms with Crippen LogP contribution in [0, 0.1) is 0 Å². The van der Waals surface area contributed by atoms with Crippen LogP contribution in [0.1, 0.15) is 25.0 Å². The van der Waals surface area contributed by atoms with Gasteiger partial charge in [-0.2, -0.15) is 0 Å². The summed E-state index contributed by atoms with van der Waals surface area (Å²) in [6, 6.07) is 79.4. The Hall–Kier alpha value is -8.34. The largest absolute Gasteiger partial charge is 0.310 e. The number of hydrogen-bond acceptors (Lipinski definition) is 3. The molecule has 11 aromatic rings. The molecule has 0 saturated heterocycles. The number of benzene rings is 9. The van der Waals surface area contributed by atoms with Gasteiger partial charge in [-0.15, -0.1) is 0 Å². The molecule has 0 N–H and O–H groups in total. The standard InChI is InChI=1S/C61H44N4/c1-61(2)53-39-46(41-17-7-3-8-18-41)29-33-55(53)64(48-30-27-45(28-31-48)60-62-35-16-36-63-60)56-34-32-49(40-54(56)61)65-57-26-15-25-50(43-21-11-5-12-22-43)58(57)52-38-47(42-19-9-4-10-20-42)37-51(59(52)65)44-23-13-6-14-24-44/h3-40H,1-2H3. The Morgan fingerprint density at radius 2 is 0.923 bits per heavy atom. The molecule has 0 amide bonds. The van der Waals surface area contributed by atoms with Crippen molar-refractivity contribution in [2.45, 2.75) is 19.3 Å². The fourth-order valence-electron chi connectivity index (χ4n) is 10.1. The fraction of sp³-hybridized carbons (Fsp3) is 0.0492. The summed E-state index contributed by atoms with van der Waals surface area (Å²) in [4.78, 5) is 11.5. The smallest absolute Gasteiger partial charge is 0.159 e. The Morgan fingerprint density at radius 1 is 0.385 bits per heavy atom. The number of rotatable bonds is 7. The minimum Gasteiger partial charge on any atom is -0.310 e. The first-order chi connectivity index (χ1) is 32.0. The molecule has 12 rings (SSSR count). The summed E-state index contributed by atoms with van der Waals surface area (Å²) >= 11 is 0. The van der Waals surface area contributed by atoms with Crippen molar-refractivity contribution in [3.05, 3.63) is 242 Å². The Labute approximate surface area is 379 Å². The molecule has 4 heteroatoms. The molecule has 0 spiro atoms. The van der Waals surface area contributed by atoms with E-state index in [2.05, 4.69) is 246 Å². The Kier molecular flexibility index (Phi) is 9.13. The molecule has 0 aliphatic carbocycles. The molecule has 308 valence electrons. The fourth-order valence-corrected chi connectivity index (χ4v) is 10.1. The highest BCUT2D eigenvalue weighted by molar-refractivity contribution is 6.20. The van der Waals surface area contributed by atoms with Crippen molar-refractivity contribution < 1.29 is 0 Å². The van der Waals surface area contributed by atoms with Crippen LogP contribution in [0.4, 0.5) is 17.1 Å². The molecule has 0 saturated carbocycles. The molecule has 65 heavy (non-hydrogen) atoms. The first kappa shape index (κ1) is 38.3. The third kappa shape index (κ3) is 6.45. The second-order valence-electron chi connectivity index (χ2n) is 17.4. The lowest BCUT2D eigenvalue weighted by molar-refractivity contribution is 0.631. The molecular weight excluding hydrogens is 789 g/mol. The molecule has 2 aromatic heterocycles. The summed E-state index contributed by atoms with van der Waals surface area (Å²) in [5.74, 6) is 0.712. The van der Waals surface area contributed by atoms with Gasteiger partial charge in [0.25, 0.3) is 0 Å². The van der Waals surface area contributed by atoms with Gasteiger partial charge in [0, 0.05) is 51.1 Å². The van der Waals surface area contributed by atoms with E-state index in [4.69, 9.17) is 0 Å². The van der Waals surface area contributed by atoms with Crippen LogP contribution in [0.15, 0.2) is 231 Å². The van der Waals surface area contributed by atoms with Crippen LogP contribution in [0.2, 0.25) is 0 Å². The molecular formula is C61H44N4. The number of anilines is 3. The Balaban J connectivity index is 1.14. The molecule has 1 aliphatic rings. The lowest BCUT2D eigenvalue weighted by Gasteiger charge is -2.42. The van der Waals surface area contributed by atoms with Gasteiger partial charge >= 0.3 is 0 Å². The van der Waals surface area contributed by atoms with Crippen LogP contribution >= 0.6 is 0 Å².